The summed E-state index contributed by atoms with van der Waals surface area (Å²) in [6.45, 7) is 5.72. The predicted molar refractivity (Wildman–Crippen MR) is 172 cm³/mol. The number of nitrogens with zero attached hydrogens (tertiary/aromatic N) is 7. The van der Waals surface area contributed by atoms with Crippen LogP contribution in [0.4, 0.5) is 0 Å². The highest BCUT2D eigenvalue weighted by molar-refractivity contribution is 6.01. The summed E-state index contributed by atoms with van der Waals surface area (Å²) in [5, 5.41) is 13.5. The van der Waals surface area contributed by atoms with E-state index in [4.69, 9.17) is 15.5 Å². The summed E-state index contributed by atoms with van der Waals surface area (Å²) in [5.41, 5.74) is 12.9. The van der Waals surface area contributed by atoms with Crippen LogP contribution in [-0.4, -0.2) is 78.7 Å². The highest BCUT2D eigenvalue weighted by Crippen LogP contribution is 2.43. The summed E-state index contributed by atoms with van der Waals surface area (Å²) >= 11 is 0. The Morgan fingerprint density at radius 1 is 1.16 bits per heavy atom. The molecule has 11 heteroatoms. The maximum absolute atomic E-state index is 13.9. The Bertz CT molecular complexity index is 1980. The third kappa shape index (κ3) is 4.09. The Kier molecular flexibility index (Phi) is 5.96. The Morgan fingerprint density at radius 3 is 2.71 bits per heavy atom. The van der Waals surface area contributed by atoms with Gasteiger partial charge in [0.1, 0.15) is 11.3 Å². The normalized spacial score (nSPS) is 24.7. The van der Waals surface area contributed by atoms with E-state index in [0.717, 1.165) is 77.4 Å². The first-order valence-corrected chi connectivity index (χ1v) is 16.3. The van der Waals surface area contributed by atoms with Gasteiger partial charge in [-0.1, -0.05) is 24.3 Å². The first kappa shape index (κ1) is 27.1. The number of imidazole rings is 1. The van der Waals surface area contributed by atoms with Crippen LogP contribution in [0.2, 0.25) is 0 Å². The van der Waals surface area contributed by atoms with Gasteiger partial charge in [0.05, 0.1) is 41.4 Å². The van der Waals surface area contributed by atoms with Gasteiger partial charge in [-0.25, -0.2) is 9.67 Å². The third-order valence-corrected chi connectivity index (χ3v) is 10.9. The number of nitrogens with one attached hydrogen (secondary N) is 1. The highest BCUT2D eigenvalue weighted by Gasteiger charge is 2.51. The number of likely N-dealkylation sites (tertiary alicyclic amines) is 1. The van der Waals surface area contributed by atoms with Crippen molar-refractivity contribution in [2.45, 2.75) is 50.7 Å². The molecule has 3 N–H and O–H groups in total. The number of hydrogen-bond acceptors (Lipinski definition) is 7. The molecule has 232 valence electrons. The summed E-state index contributed by atoms with van der Waals surface area (Å²) in [6.07, 6.45) is 5.62. The predicted octanol–water partition coefficient (Wildman–Crippen LogP) is 3.69. The van der Waals surface area contributed by atoms with E-state index in [1.54, 1.807) is 7.11 Å². The molecule has 2 saturated heterocycles. The second-order valence-electron chi connectivity index (χ2n) is 13.8. The quantitative estimate of drug-likeness (QED) is 0.290. The van der Waals surface area contributed by atoms with Crippen molar-refractivity contribution in [3.63, 3.8) is 0 Å². The van der Waals surface area contributed by atoms with Crippen LogP contribution in [0.25, 0.3) is 39.1 Å². The molecule has 3 aromatic heterocycles. The lowest BCUT2D eigenvalue weighted by atomic mass is 9.99. The SMILES string of the molecule is COc1cc(C(=O)N2C[C@H]3C[C@@H](C)[C@@H]2[C@@H]3N)cc2nc(-c3cc4cccc(-n5cc(C6CNC6)nn5)c4n3CC3CC3)n(C)c12. The highest BCUT2D eigenvalue weighted by atomic mass is 16.5. The topological polar surface area (TPSA) is 121 Å². The molecule has 9 rings (SSSR count). The van der Waals surface area contributed by atoms with E-state index < -0.39 is 0 Å². The number of ether oxygens (including phenoxy) is 1. The molecule has 1 amide bonds. The first-order valence-electron chi connectivity index (χ1n) is 16.3. The molecular formula is C34H39N9O2. The zero-order chi connectivity index (χ0) is 30.6. The molecule has 2 bridgehead atoms. The van der Waals surface area contributed by atoms with Gasteiger partial charge in [0, 0.05) is 62.2 Å². The standard InChI is InChI=1S/C34H39N9O2/c1-18-9-22-16-42(30(18)29(22)35)34(44)21-10-24-32(28(12-21)45-3)40(2)33(37-24)27-11-20-5-4-6-26(31(20)41(27)15-19-7-8-19)43-17-25(38-39-43)23-13-36-14-23/h4-6,10-12,17-19,22-23,29-30,36H,7-9,13-16,35H2,1-3H3/t18-,22-,29-,30-/m1/s1. The van der Waals surface area contributed by atoms with Gasteiger partial charge in [-0.15, -0.1) is 5.10 Å². The Morgan fingerprint density at radius 2 is 2.00 bits per heavy atom. The van der Waals surface area contributed by atoms with Gasteiger partial charge in [0.15, 0.2) is 5.82 Å². The lowest BCUT2D eigenvalue weighted by molar-refractivity contribution is 0.0649. The van der Waals surface area contributed by atoms with Crippen LogP contribution in [-0.2, 0) is 13.6 Å². The number of fused-ring (bicyclic) bond motifs is 4. The third-order valence-electron chi connectivity index (χ3n) is 10.9. The number of benzene rings is 2. The molecular weight excluding hydrogens is 566 g/mol. The van der Waals surface area contributed by atoms with Crippen molar-refractivity contribution in [2.75, 3.05) is 26.7 Å². The monoisotopic (exact) mass is 605 g/mol. The van der Waals surface area contributed by atoms with Crippen LogP contribution in [0.15, 0.2) is 42.6 Å². The average molecular weight is 606 g/mol. The summed E-state index contributed by atoms with van der Waals surface area (Å²) in [5.74, 6) is 3.33. The van der Waals surface area contributed by atoms with Crippen molar-refractivity contribution >= 4 is 27.8 Å². The van der Waals surface area contributed by atoms with Crippen LogP contribution in [0.5, 0.6) is 5.75 Å². The largest absolute Gasteiger partial charge is 0.494 e. The summed E-state index contributed by atoms with van der Waals surface area (Å²) in [6, 6.07) is 12.5. The van der Waals surface area contributed by atoms with Crippen LogP contribution in [0, 0.1) is 17.8 Å². The summed E-state index contributed by atoms with van der Waals surface area (Å²) in [4.78, 5) is 21.1. The first-order chi connectivity index (χ1) is 21.9. The molecule has 0 radical (unpaired) electrons. The number of para-hydroxylation sites is 1. The molecule has 0 unspecified atom stereocenters. The number of carbonyl (C=O) groups is 1. The van der Waals surface area contributed by atoms with E-state index in [9.17, 15) is 4.79 Å². The molecule has 11 nitrogen and oxygen atoms in total. The molecule has 4 atom stereocenters. The van der Waals surface area contributed by atoms with Crippen LogP contribution >= 0.6 is 0 Å². The summed E-state index contributed by atoms with van der Waals surface area (Å²) in [7, 11) is 3.69. The fourth-order valence-electron chi connectivity index (χ4n) is 8.22. The Hall–Kier alpha value is -4.22. The molecule has 4 aliphatic rings. The van der Waals surface area contributed by atoms with Crippen molar-refractivity contribution in [1.82, 2.24) is 39.3 Å². The van der Waals surface area contributed by atoms with Crippen molar-refractivity contribution in [1.29, 1.82) is 0 Å². The second kappa shape index (κ2) is 9.89. The number of hydrogen-bond donors (Lipinski definition) is 2. The molecule has 0 spiro atoms. The van der Waals surface area contributed by atoms with Gasteiger partial charge in [-0.05, 0) is 61.3 Å². The van der Waals surface area contributed by atoms with E-state index in [0.29, 0.717) is 35.0 Å². The molecule has 2 aliphatic heterocycles. The maximum Gasteiger partial charge on any atom is 0.254 e. The lowest BCUT2D eigenvalue weighted by Gasteiger charge is -2.31. The van der Waals surface area contributed by atoms with Crippen molar-refractivity contribution in [3.8, 4) is 23.0 Å². The Balaban J connectivity index is 1.16. The van der Waals surface area contributed by atoms with Crippen molar-refractivity contribution in [2.24, 2.45) is 30.5 Å². The minimum absolute atomic E-state index is 0.00859. The number of rotatable bonds is 7. The van der Waals surface area contributed by atoms with Crippen LogP contribution in [0.3, 0.4) is 0 Å². The fourth-order valence-corrected chi connectivity index (χ4v) is 8.22. The molecule has 5 heterocycles. The smallest absolute Gasteiger partial charge is 0.254 e. The minimum atomic E-state index is 0.00859. The number of aryl methyl sites for hydroxylation is 1. The van der Waals surface area contributed by atoms with Gasteiger partial charge < -0.3 is 29.8 Å². The van der Waals surface area contributed by atoms with Crippen molar-refractivity contribution < 1.29 is 9.53 Å². The molecule has 2 saturated carbocycles. The van der Waals surface area contributed by atoms with Crippen LogP contribution in [0.1, 0.15) is 48.2 Å². The zero-order valence-corrected chi connectivity index (χ0v) is 26.0. The number of methoxy groups -OCH3 is 1. The number of aromatic nitrogens is 6. The van der Waals surface area contributed by atoms with Crippen molar-refractivity contribution in [3.05, 3.63) is 53.9 Å². The molecule has 45 heavy (non-hydrogen) atoms. The molecule has 5 aromatic rings. The van der Waals surface area contributed by atoms with E-state index in [1.165, 1.54) is 12.8 Å². The fraction of sp³-hybridized carbons (Fsp3) is 0.471. The zero-order valence-electron chi connectivity index (χ0n) is 26.0. The van der Waals surface area contributed by atoms with E-state index in [2.05, 4.69) is 62.1 Å². The molecule has 2 aliphatic carbocycles. The molecule has 2 aromatic carbocycles. The minimum Gasteiger partial charge on any atom is -0.494 e. The number of piperidine rings is 1. The van der Waals surface area contributed by atoms with Gasteiger partial charge in [0.25, 0.3) is 5.91 Å². The number of amides is 1. The maximum atomic E-state index is 13.9. The lowest BCUT2D eigenvalue weighted by Crippen LogP contribution is -2.45. The van der Waals surface area contributed by atoms with Gasteiger partial charge in [0.2, 0.25) is 0 Å². The van der Waals surface area contributed by atoms with Gasteiger partial charge in [-0.2, -0.15) is 0 Å². The van der Waals surface area contributed by atoms with Gasteiger partial charge in [-0.3, -0.25) is 4.79 Å². The number of nitrogens with two attached hydrogens (primary N) is 1. The van der Waals surface area contributed by atoms with E-state index in [1.807, 2.05) is 28.8 Å². The van der Waals surface area contributed by atoms with Gasteiger partial charge >= 0.3 is 0 Å². The second-order valence-corrected chi connectivity index (χ2v) is 13.8. The average Bonchev–Trinajstić information content (AvgIpc) is 3.27. The summed E-state index contributed by atoms with van der Waals surface area (Å²) < 4.78 is 12.4. The van der Waals surface area contributed by atoms with E-state index >= 15 is 0 Å². The number of carbonyl (C=O) groups excluding carboxylic acids is 1. The van der Waals surface area contributed by atoms with Crippen LogP contribution < -0.4 is 15.8 Å². The van der Waals surface area contributed by atoms with E-state index in [-0.39, 0.29) is 18.0 Å². The Labute approximate surface area is 261 Å². The molecule has 4 fully saturated rings.